The Kier molecular flexibility index (Phi) is 5.51. The molecule has 0 radical (unpaired) electrons. The van der Waals surface area contributed by atoms with Gasteiger partial charge in [-0.15, -0.1) is 0 Å². The standard InChI is InChI=1S/C21H25FN6O/c1-12(2)21(29)27-14-5-3-4-13(8-14)26-20-17(22)10-24-19(28-20)15-6-7-18-16(15)9-23-11-25-18/h6,9-14H,3-5,7-8H2,1-2H3,(H,27,29)(H,24,26,28)/t13-,14+/m1/s1. The fourth-order valence-electron chi connectivity index (χ4n) is 3.87. The van der Waals surface area contributed by atoms with E-state index in [-0.39, 0.29) is 29.7 Å². The summed E-state index contributed by atoms with van der Waals surface area (Å²) in [4.78, 5) is 29.0. The Morgan fingerprint density at radius 2 is 2.03 bits per heavy atom. The number of aromatic nitrogens is 4. The molecule has 2 heterocycles. The summed E-state index contributed by atoms with van der Waals surface area (Å²) in [5.41, 5.74) is 2.64. The normalized spacial score (nSPS) is 20.9. The van der Waals surface area contributed by atoms with Crippen LogP contribution in [0.25, 0.3) is 5.57 Å². The van der Waals surface area contributed by atoms with E-state index in [1.165, 1.54) is 12.5 Å². The summed E-state index contributed by atoms with van der Waals surface area (Å²) in [6.45, 7) is 3.76. The Labute approximate surface area is 169 Å². The maximum Gasteiger partial charge on any atom is 0.222 e. The number of hydrogen-bond donors (Lipinski definition) is 2. The zero-order chi connectivity index (χ0) is 20.4. The van der Waals surface area contributed by atoms with Gasteiger partial charge in [0.05, 0.1) is 11.9 Å². The minimum Gasteiger partial charge on any atom is -0.365 e. The van der Waals surface area contributed by atoms with E-state index >= 15 is 0 Å². The minimum absolute atomic E-state index is 0.0447. The van der Waals surface area contributed by atoms with Crippen LogP contribution in [0, 0.1) is 11.7 Å². The van der Waals surface area contributed by atoms with Gasteiger partial charge in [-0.1, -0.05) is 19.9 Å². The Morgan fingerprint density at radius 1 is 1.21 bits per heavy atom. The van der Waals surface area contributed by atoms with Crippen LogP contribution >= 0.6 is 0 Å². The fourth-order valence-corrected chi connectivity index (χ4v) is 3.87. The number of nitrogens with zero attached hydrogens (tertiary/aromatic N) is 4. The van der Waals surface area contributed by atoms with Gasteiger partial charge < -0.3 is 10.6 Å². The van der Waals surface area contributed by atoms with E-state index in [2.05, 4.69) is 30.6 Å². The van der Waals surface area contributed by atoms with Gasteiger partial charge in [0.15, 0.2) is 17.5 Å². The van der Waals surface area contributed by atoms with Gasteiger partial charge in [-0.25, -0.2) is 24.3 Å². The van der Waals surface area contributed by atoms with Gasteiger partial charge in [-0.2, -0.15) is 0 Å². The highest BCUT2D eigenvalue weighted by Gasteiger charge is 2.26. The van der Waals surface area contributed by atoms with Crippen LogP contribution in [0.15, 0.2) is 24.8 Å². The van der Waals surface area contributed by atoms with Crippen molar-refractivity contribution < 1.29 is 9.18 Å². The number of carbonyl (C=O) groups is 1. The fraction of sp³-hybridized carbons (Fsp3) is 0.476. The van der Waals surface area contributed by atoms with Crippen molar-refractivity contribution in [2.75, 3.05) is 5.32 Å². The predicted octanol–water partition coefficient (Wildman–Crippen LogP) is 2.89. The molecule has 0 aliphatic heterocycles. The summed E-state index contributed by atoms with van der Waals surface area (Å²) in [6, 6.07) is 0.147. The van der Waals surface area contributed by atoms with Crippen LogP contribution < -0.4 is 10.6 Å². The van der Waals surface area contributed by atoms with Crippen molar-refractivity contribution in [3.63, 3.8) is 0 Å². The molecular weight excluding hydrogens is 371 g/mol. The van der Waals surface area contributed by atoms with Crippen LogP contribution in [-0.2, 0) is 11.2 Å². The van der Waals surface area contributed by atoms with Crippen molar-refractivity contribution in [1.29, 1.82) is 0 Å². The van der Waals surface area contributed by atoms with E-state index < -0.39 is 5.82 Å². The number of halogens is 1. The monoisotopic (exact) mass is 396 g/mol. The van der Waals surface area contributed by atoms with E-state index in [9.17, 15) is 9.18 Å². The number of carbonyl (C=O) groups excluding carboxylic acids is 1. The molecule has 0 spiro atoms. The molecule has 0 aromatic carbocycles. The van der Waals surface area contributed by atoms with Crippen molar-refractivity contribution in [3.05, 3.63) is 47.7 Å². The molecule has 1 saturated carbocycles. The van der Waals surface area contributed by atoms with Crippen LogP contribution in [-0.4, -0.2) is 37.9 Å². The number of anilines is 1. The van der Waals surface area contributed by atoms with Gasteiger partial charge in [0.2, 0.25) is 5.91 Å². The first-order chi connectivity index (χ1) is 14.0. The Balaban J connectivity index is 1.48. The van der Waals surface area contributed by atoms with E-state index in [0.29, 0.717) is 12.2 Å². The summed E-state index contributed by atoms with van der Waals surface area (Å²) in [7, 11) is 0. The largest absolute Gasteiger partial charge is 0.365 e. The van der Waals surface area contributed by atoms with Gasteiger partial charge in [-0.05, 0) is 25.7 Å². The summed E-state index contributed by atoms with van der Waals surface area (Å²) in [5, 5.41) is 6.32. The smallest absolute Gasteiger partial charge is 0.222 e. The van der Waals surface area contributed by atoms with E-state index in [0.717, 1.165) is 42.5 Å². The van der Waals surface area contributed by atoms with Crippen LogP contribution in [0.2, 0.25) is 0 Å². The average molecular weight is 396 g/mol. The first kappa shape index (κ1) is 19.4. The highest BCUT2D eigenvalue weighted by atomic mass is 19.1. The molecule has 1 amide bonds. The molecule has 7 nitrogen and oxygen atoms in total. The zero-order valence-electron chi connectivity index (χ0n) is 16.7. The maximum atomic E-state index is 14.4. The molecule has 0 unspecified atom stereocenters. The molecule has 4 rings (SSSR count). The molecule has 2 N–H and O–H groups in total. The SMILES string of the molecule is CC(C)C(=O)N[C@H]1CCC[C@@H](Nc2nc(C3=CCc4ncncc43)ncc2F)C1. The summed E-state index contributed by atoms with van der Waals surface area (Å²) < 4.78 is 14.4. The topological polar surface area (TPSA) is 92.7 Å². The molecule has 0 saturated heterocycles. The molecular formula is C21H25FN6O. The quantitative estimate of drug-likeness (QED) is 0.807. The van der Waals surface area contributed by atoms with Crippen molar-refractivity contribution >= 4 is 17.3 Å². The lowest BCUT2D eigenvalue weighted by atomic mass is 9.90. The maximum absolute atomic E-state index is 14.4. The average Bonchev–Trinajstić information content (AvgIpc) is 3.14. The molecule has 2 aliphatic carbocycles. The Hall–Kier alpha value is -2.90. The Morgan fingerprint density at radius 3 is 2.86 bits per heavy atom. The molecule has 152 valence electrons. The molecule has 2 aromatic rings. The zero-order valence-corrected chi connectivity index (χ0v) is 16.7. The van der Waals surface area contributed by atoms with Gasteiger partial charge in [0, 0.05) is 41.8 Å². The molecule has 1 fully saturated rings. The van der Waals surface area contributed by atoms with Crippen molar-refractivity contribution in [3.8, 4) is 0 Å². The number of fused-ring (bicyclic) bond motifs is 1. The first-order valence-corrected chi connectivity index (χ1v) is 10.1. The Bertz CT molecular complexity index is 945. The van der Waals surface area contributed by atoms with Crippen LogP contribution in [0.1, 0.15) is 56.6 Å². The molecule has 2 aliphatic rings. The van der Waals surface area contributed by atoms with E-state index in [1.54, 1.807) is 6.20 Å². The van der Waals surface area contributed by atoms with Gasteiger partial charge in [0.1, 0.15) is 6.33 Å². The summed E-state index contributed by atoms with van der Waals surface area (Å²) >= 11 is 0. The summed E-state index contributed by atoms with van der Waals surface area (Å²) in [5.74, 6) is 0.187. The van der Waals surface area contributed by atoms with Gasteiger partial charge >= 0.3 is 0 Å². The molecule has 8 heteroatoms. The second-order valence-electron chi connectivity index (χ2n) is 7.96. The first-order valence-electron chi connectivity index (χ1n) is 10.1. The second-order valence-corrected chi connectivity index (χ2v) is 7.96. The number of amides is 1. The lowest BCUT2D eigenvalue weighted by Gasteiger charge is -2.31. The third-order valence-corrected chi connectivity index (χ3v) is 5.46. The summed E-state index contributed by atoms with van der Waals surface area (Å²) in [6.07, 6.45) is 10.7. The third kappa shape index (κ3) is 4.26. The van der Waals surface area contributed by atoms with Crippen molar-refractivity contribution in [2.24, 2.45) is 5.92 Å². The number of allylic oxidation sites excluding steroid dienone is 1. The number of hydrogen-bond acceptors (Lipinski definition) is 6. The van der Waals surface area contributed by atoms with E-state index in [1.807, 2.05) is 19.9 Å². The predicted molar refractivity (Wildman–Crippen MR) is 107 cm³/mol. The van der Waals surface area contributed by atoms with Crippen LogP contribution in [0.5, 0.6) is 0 Å². The second kappa shape index (κ2) is 8.23. The van der Waals surface area contributed by atoms with Crippen LogP contribution in [0.3, 0.4) is 0 Å². The molecule has 2 atom stereocenters. The minimum atomic E-state index is -0.481. The molecule has 29 heavy (non-hydrogen) atoms. The highest BCUT2D eigenvalue weighted by molar-refractivity contribution is 5.80. The number of rotatable bonds is 5. The highest BCUT2D eigenvalue weighted by Crippen LogP contribution is 2.30. The van der Waals surface area contributed by atoms with Crippen molar-refractivity contribution in [2.45, 2.75) is 58.0 Å². The van der Waals surface area contributed by atoms with Crippen LogP contribution in [0.4, 0.5) is 10.2 Å². The molecule has 2 aromatic heterocycles. The number of nitrogens with one attached hydrogen (secondary N) is 2. The molecule has 0 bridgehead atoms. The lowest BCUT2D eigenvalue weighted by Crippen LogP contribution is -2.43. The van der Waals surface area contributed by atoms with E-state index in [4.69, 9.17) is 0 Å². The third-order valence-electron chi connectivity index (χ3n) is 5.46. The van der Waals surface area contributed by atoms with Gasteiger partial charge in [0.25, 0.3) is 0 Å². The lowest BCUT2D eigenvalue weighted by molar-refractivity contribution is -0.124. The van der Waals surface area contributed by atoms with Crippen molar-refractivity contribution in [1.82, 2.24) is 25.3 Å². The van der Waals surface area contributed by atoms with Gasteiger partial charge in [-0.3, -0.25) is 4.79 Å².